The number of halogens is 1. The van der Waals surface area contributed by atoms with E-state index in [-0.39, 0.29) is 5.82 Å². The van der Waals surface area contributed by atoms with E-state index in [1.807, 2.05) is 6.07 Å². The van der Waals surface area contributed by atoms with Crippen LogP contribution in [0.25, 0.3) is 0 Å². The Morgan fingerprint density at radius 2 is 1.40 bits per heavy atom. The SMILES string of the molecule is Cc1ccc(CN(Cc2ccccc2)Cc2cccn2Cc2cccc(F)c2)cc1. The molecule has 0 aliphatic rings. The molecule has 0 aliphatic carbocycles. The van der Waals surface area contributed by atoms with Crippen molar-refractivity contribution in [1.29, 1.82) is 0 Å². The van der Waals surface area contributed by atoms with Crippen LogP contribution in [0.5, 0.6) is 0 Å². The van der Waals surface area contributed by atoms with Crippen LogP contribution in [0.1, 0.15) is 27.9 Å². The lowest BCUT2D eigenvalue weighted by Gasteiger charge is -2.24. The van der Waals surface area contributed by atoms with Gasteiger partial charge in [0.1, 0.15) is 5.82 Å². The second-order valence-electron chi connectivity index (χ2n) is 7.87. The molecule has 30 heavy (non-hydrogen) atoms. The van der Waals surface area contributed by atoms with Crippen LogP contribution in [0.2, 0.25) is 0 Å². The Morgan fingerprint density at radius 3 is 2.13 bits per heavy atom. The molecule has 0 saturated heterocycles. The molecule has 0 saturated carbocycles. The highest BCUT2D eigenvalue weighted by molar-refractivity contribution is 5.23. The monoisotopic (exact) mass is 398 g/mol. The van der Waals surface area contributed by atoms with Crippen LogP contribution in [-0.2, 0) is 26.2 Å². The third-order valence-corrected chi connectivity index (χ3v) is 5.33. The minimum Gasteiger partial charge on any atom is -0.346 e. The van der Waals surface area contributed by atoms with Gasteiger partial charge in [0.15, 0.2) is 0 Å². The molecule has 0 bridgehead atoms. The van der Waals surface area contributed by atoms with Gasteiger partial charge >= 0.3 is 0 Å². The largest absolute Gasteiger partial charge is 0.346 e. The van der Waals surface area contributed by atoms with Crippen molar-refractivity contribution >= 4 is 0 Å². The van der Waals surface area contributed by atoms with Gasteiger partial charge in [-0.05, 0) is 47.9 Å². The molecule has 0 radical (unpaired) electrons. The molecule has 0 fully saturated rings. The summed E-state index contributed by atoms with van der Waals surface area (Å²) in [6.45, 7) is 5.36. The Hall–Kier alpha value is -3.17. The molecule has 4 aromatic rings. The van der Waals surface area contributed by atoms with Crippen molar-refractivity contribution in [1.82, 2.24) is 9.47 Å². The fourth-order valence-electron chi connectivity index (χ4n) is 3.77. The van der Waals surface area contributed by atoms with E-state index in [2.05, 4.69) is 89.3 Å². The van der Waals surface area contributed by atoms with E-state index in [0.29, 0.717) is 6.54 Å². The number of rotatable bonds is 8. The highest BCUT2D eigenvalue weighted by Gasteiger charge is 2.11. The van der Waals surface area contributed by atoms with Crippen LogP contribution in [0.3, 0.4) is 0 Å². The summed E-state index contributed by atoms with van der Waals surface area (Å²) in [5, 5.41) is 0. The second-order valence-corrected chi connectivity index (χ2v) is 7.87. The van der Waals surface area contributed by atoms with Crippen molar-refractivity contribution in [3.8, 4) is 0 Å². The van der Waals surface area contributed by atoms with Crippen LogP contribution < -0.4 is 0 Å². The average molecular weight is 399 g/mol. The van der Waals surface area contributed by atoms with Gasteiger partial charge in [-0.25, -0.2) is 4.39 Å². The van der Waals surface area contributed by atoms with E-state index in [9.17, 15) is 4.39 Å². The fraction of sp³-hybridized carbons (Fsp3) is 0.185. The number of aromatic nitrogens is 1. The smallest absolute Gasteiger partial charge is 0.123 e. The molecule has 0 unspecified atom stereocenters. The summed E-state index contributed by atoms with van der Waals surface area (Å²) in [4.78, 5) is 2.46. The summed E-state index contributed by atoms with van der Waals surface area (Å²) in [5.74, 6) is -0.189. The number of nitrogens with zero attached hydrogens (tertiary/aromatic N) is 2. The topological polar surface area (TPSA) is 8.17 Å². The Bertz CT molecular complexity index is 1070. The molecule has 1 heterocycles. The number of hydrogen-bond donors (Lipinski definition) is 0. The quantitative estimate of drug-likeness (QED) is 0.344. The van der Waals surface area contributed by atoms with Crippen molar-refractivity contribution in [2.24, 2.45) is 0 Å². The van der Waals surface area contributed by atoms with Crippen LogP contribution in [0.4, 0.5) is 4.39 Å². The minimum atomic E-state index is -0.189. The minimum absolute atomic E-state index is 0.189. The summed E-state index contributed by atoms with van der Waals surface area (Å²) >= 11 is 0. The molecule has 0 aliphatic heterocycles. The lowest BCUT2D eigenvalue weighted by Crippen LogP contribution is -2.24. The van der Waals surface area contributed by atoms with Gasteiger partial charge in [0, 0.05) is 38.1 Å². The lowest BCUT2D eigenvalue weighted by molar-refractivity contribution is 0.241. The maximum atomic E-state index is 13.6. The van der Waals surface area contributed by atoms with Crippen LogP contribution in [0.15, 0.2) is 97.2 Å². The summed E-state index contributed by atoms with van der Waals surface area (Å²) in [5.41, 5.74) is 6.08. The maximum Gasteiger partial charge on any atom is 0.123 e. The van der Waals surface area contributed by atoms with Gasteiger partial charge in [0.2, 0.25) is 0 Å². The van der Waals surface area contributed by atoms with Crippen LogP contribution in [-0.4, -0.2) is 9.47 Å². The number of benzene rings is 3. The molecule has 3 aromatic carbocycles. The molecule has 0 amide bonds. The Morgan fingerprint density at radius 1 is 0.700 bits per heavy atom. The summed E-state index contributed by atoms with van der Waals surface area (Å²) in [6, 6.07) is 30.4. The molecule has 0 N–H and O–H groups in total. The third kappa shape index (κ3) is 5.46. The maximum absolute atomic E-state index is 13.6. The van der Waals surface area contributed by atoms with E-state index < -0.39 is 0 Å². The van der Waals surface area contributed by atoms with Crippen molar-refractivity contribution < 1.29 is 4.39 Å². The third-order valence-electron chi connectivity index (χ3n) is 5.33. The first-order chi connectivity index (χ1) is 14.7. The highest BCUT2D eigenvalue weighted by atomic mass is 19.1. The molecule has 2 nitrogen and oxygen atoms in total. The van der Waals surface area contributed by atoms with Crippen LogP contribution in [0, 0.1) is 12.7 Å². The summed E-state index contributed by atoms with van der Waals surface area (Å²) in [7, 11) is 0. The average Bonchev–Trinajstić information content (AvgIpc) is 3.17. The first kappa shape index (κ1) is 20.1. The van der Waals surface area contributed by atoms with E-state index in [4.69, 9.17) is 0 Å². The summed E-state index contributed by atoms with van der Waals surface area (Å²) in [6.07, 6.45) is 2.08. The predicted octanol–water partition coefficient (Wildman–Crippen LogP) is 6.19. The second kappa shape index (κ2) is 9.55. The molecule has 152 valence electrons. The first-order valence-corrected chi connectivity index (χ1v) is 10.4. The summed E-state index contributed by atoms with van der Waals surface area (Å²) < 4.78 is 15.8. The first-order valence-electron chi connectivity index (χ1n) is 10.4. The van der Waals surface area contributed by atoms with E-state index in [1.165, 1.54) is 28.5 Å². The van der Waals surface area contributed by atoms with Gasteiger partial charge in [-0.1, -0.05) is 72.3 Å². The molecule has 4 rings (SSSR count). The molecular formula is C27H27FN2. The van der Waals surface area contributed by atoms with Crippen LogP contribution >= 0.6 is 0 Å². The Labute approximate surface area is 178 Å². The Balaban J connectivity index is 1.54. The van der Waals surface area contributed by atoms with Crippen molar-refractivity contribution in [3.05, 3.63) is 131 Å². The van der Waals surface area contributed by atoms with Gasteiger partial charge in [-0.2, -0.15) is 0 Å². The predicted molar refractivity (Wildman–Crippen MR) is 121 cm³/mol. The highest BCUT2D eigenvalue weighted by Crippen LogP contribution is 2.17. The molecule has 1 aromatic heterocycles. The molecule has 0 spiro atoms. The van der Waals surface area contributed by atoms with E-state index in [0.717, 1.165) is 25.2 Å². The van der Waals surface area contributed by atoms with Crippen molar-refractivity contribution in [2.75, 3.05) is 0 Å². The van der Waals surface area contributed by atoms with Gasteiger partial charge in [0.25, 0.3) is 0 Å². The van der Waals surface area contributed by atoms with Gasteiger partial charge < -0.3 is 4.57 Å². The van der Waals surface area contributed by atoms with Gasteiger partial charge in [-0.15, -0.1) is 0 Å². The standard InChI is InChI=1S/C27H27FN2/c1-22-12-14-24(15-13-22)19-29(18-23-7-3-2-4-8-23)21-27-11-6-16-30(27)20-25-9-5-10-26(28)17-25/h2-17H,18-21H2,1H3. The lowest BCUT2D eigenvalue weighted by atomic mass is 10.1. The number of hydrogen-bond acceptors (Lipinski definition) is 1. The normalized spacial score (nSPS) is 11.2. The van der Waals surface area contributed by atoms with Gasteiger partial charge in [-0.3, -0.25) is 4.90 Å². The van der Waals surface area contributed by atoms with E-state index in [1.54, 1.807) is 12.1 Å². The zero-order valence-corrected chi connectivity index (χ0v) is 17.3. The van der Waals surface area contributed by atoms with Crippen molar-refractivity contribution in [3.63, 3.8) is 0 Å². The molecular weight excluding hydrogens is 371 g/mol. The molecule has 0 atom stereocenters. The number of aryl methyl sites for hydroxylation is 1. The van der Waals surface area contributed by atoms with Gasteiger partial charge in [0.05, 0.1) is 0 Å². The molecule has 3 heteroatoms. The zero-order chi connectivity index (χ0) is 20.8. The Kier molecular flexibility index (Phi) is 6.41. The van der Waals surface area contributed by atoms with Crippen molar-refractivity contribution in [2.45, 2.75) is 33.1 Å². The van der Waals surface area contributed by atoms with E-state index >= 15 is 0 Å². The fourth-order valence-corrected chi connectivity index (χ4v) is 3.77. The zero-order valence-electron chi connectivity index (χ0n) is 17.3.